The van der Waals surface area contributed by atoms with Crippen molar-refractivity contribution < 1.29 is 9.53 Å². The minimum Gasteiger partial charge on any atom is -0.370 e. The van der Waals surface area contributed by atoms with Crippen LogP contribution < -0.4 is 0 Å². The summed E-state index contributed by atoms with van der Waals surface area (Å²) >= 11 is 13.6. The highest BCUT2D eigenvalue weighted by Gasteiger charge is 2.28. The van der Waals surface area contributed by atoms with Crippen molar-refractivity contribution in [1.82, 2.24) is 9.88 Å². The van der Waals surface area contributed by atoms with Crippen LogP contribution in [0.15, 0.2) is 42.5 Å². The van der Waals surface area contributed by atoms with Gasteiger partial charge in [-0.3, -0.25) is 4.79 Å². The van der Waals surface area contributed by atoms with Crippen LogP contribution in [0.4, 0.5) is 0 Å². The number of nitrogens with zero attached hydrogens (tertiary/aromatic N) is 2. The van der Waals surface area contributed by atoms with Gasteiger partial charge in [0.25, 0.3) is 5.91 Å². The molecule has 25 heavy (non-hydrogen) atoms. The second kappa shape index (κ2) is 6.92. The Hall–Kier alpha value is -1.66. The second-order valence-corrected chi connectivity index (χ2v) is 7.70. The van der Waals surface area contributed by atoms with E-state index in [9.17, 15) is 4.79 Å². The number of amides is 1. The minimum atomic E-state index is -0.247. The van der Waals surface area contributed by atoms with E-state index in [4.69, 9.17) is 27.9 Å². The van der Waals surface area contributed by atoms with Crippen LogP contribution in [0, 0.1) is 0 Å². The van der Waals surface area contributed by atoms with Crippen molar-refractivity contribution in [3.05, 3.63) is 63.1 Å². The highest BCUT2D eigenvalue weighted by Crippen LogP contribution is 2.29. The molecule has 0 saturated carbocycles. The Balaban J connectivity index is 1.57. The number of carbonyl (C=O) groups excluding carboxylic acids is 1. The van der Waals surface area contributed by atoms with E-state index in [0.717, 1.165) is 15.8 Å². The Bertz CT molecular complexity index is 890. The van der Waals surface area contributed by atoms with Gasteiger partial charge >= 0.3 is 0 Å². The smallest absolute Gasteiger partial charge is 0.283 e. The molecule has 128 valence electrons. The molecule has 0 aliphatic carbocycles. The highest BCUT2D eigenvalue weighted by molar-refractivity contribution is 7.20. The summed E-state index contributed by atoms with van der Waals surface area (Å²) < 4.78 is 6.83. The van der Waals surface area contributed by atoms with Crippen LogP contribution in [-0.4, -0.2) is 35.5 Å². The average Bonchev–Trinajstić information content (AvgIpc) is 3.04. The Morgan fingerprint density at radius 3 is 2.72 bits per heavy atom. The first-order chi connectivity index (χ1) is 12.1. The zero-order chi connectivity index (χ0) is 17.4. The fourth-order valence-corrected chi connectivity index (χ4v) is 4.37. The maximum Gasteiger partial charge on any atom is 0.283 e. The van der Waals surface area contributed by atoms with Gasteiger partial charge in [0.1, 0.15) is 6.10 Å². The number of fused-ring (bicyclic) bond motifs is 1. The quantitative estimate of drug-likeness (QED) is 0.627. The zero-order valence-electron chi connectivity index (χ0n) is 13.1. The number of hydrogen-bond donors (Lipinski definition) is 0. The predicted molar refractivity (Wildman–Crippen MR) is 101 cm³/mol. The summed E-state index contributed by atoms with van der Waals surface area (Å²) in [6.07, 6.45) is -0.247. The standard InChI is InChI=1S/C18H14Cl2N2O2S/c19-12-7-11(8-13(20)9-12)15-10-22(5-6-24-15)18(23)17-21-14-3-1-2-4-16(14)25-17/h1-4,7-9,15H,5-6,10H2. The normalized spacial score (nSPS) is 17.8. The molecule has 0 spiro atoms. The summed E-state index contributed by atoms with van der Waals surface area (Å²) in [4.78, 5) is 19.1. The molecular formula is C18H14Cl2N2O2S. The van der Waals surface area contributed by atoms with Gasteiger partial charge in [0, 0.05) is 16.6 Å². The predicted octanol–water partition coefficient (Wildman–Crippen LogP) is 4.82. The van der Waals surface area contributed by atoms with Crippen molar-refractivity contribution in [3.63, 3.8) is 0 Å². The van der Waals surface area contributed by atoms with Gasteiger partial charge in [0.05, 0.1) is 23.4 Å². The molecule has 2 heterocycles. The number of aromatic nitrogens is 1. The number of hydrogen-bond acceptors (Lipinski definition) is 4. The molecule has 4 rings (SSSR count). The third-order valence-corrected chi connectivity index (χ3v) is 5.55. The number of carbonyl (C=O) groups is 1. The van der Waals surface area contributed by atoms with Crippen molar-refractivity contribution in [2.45, 2.75) is 6.10 Å². The summed E-state index contributed by atoms with van der Waals surface area (Å²) in [6.45, 7) is 1.45. The Morgan fingerprint density at radius 1 is 1.20 bits per heavy atom. The van der Waals surface area contributed by atoms with Gasteiger partial charge < -0.3 is 9.64 Å². The molecular weight excluding hydrogens is 379 g/mol. The minimum absolute atomic E-state index is 0.0670. The first-order valence-electron chi connectivity index (χ1n) is 7.82. The summed E-state index contributed by atoms with van der Waals surface area (Å²) in [5.41, 5.74) is 1.72. The highest BCUT2D eigenvalue weighted by atomic mass is 35.5. The van der Waals surface area contributed by atoms with Crippen LogP contribution in [0.3, 0.4) is 0 Å². The maximum atomic E-state index is 12.8. The van der Waals surface area contributed by atoms with Crippen molar-refractivity contribution in [2.75, 3.05) is 19.7 Å². The monoisotopic (exact) mass is 392 g/mol. The number of morpholine rings is 1. The molecule has 1 aliphatic heterocycles. The summed E-state index contributed by atoms with van der Waals surface area (Å²) in [7, 11) is 0. The van der Waals surface area contributed by atoms with Crippen molar-refractivity contribution >= 4 is 50.7 Å². The van der Waals surface area contributed by atoms with E-state index in [2.05, 4.69) is 4.98 Å². The molecule has 1 aliphatic rings. The molecule has 2 aromatic carbocycles. The lowest BCUT2D eigenvalue weighted by molar-refractivity contribution is -0.0228. The van der Waals surface area contributed by atoms with Gasteiger partial charge in [0.15, 0.2) is 5.01 Å². The molecule has 1 atom stereocenters. The Kier molecular flexibility index (Phi) is 4.65. The van der Waals surface area contributed by atoms with Gasteiger partial charge in [0.2, 0.25) is 0 Å². The number of benzene rings is 2. The number of ether oxygens (including phenoxy) is 1. The Morgan fingerprint density at radius 2 is 1.96 bits per heavy atom. The molecule has 1 amide bonds. The summed E-state index contributed by atoms with van der Waals surface area (Å²) in [6, 6.07) is 13.1. The molecule has 0 radical (unpaired) electrons. The second-order valence-electron chi connectivity index (χ2n) is 5.80. The molecule has 3 aromatic rings. The van der Waals surface area contributed by atoms with Crippen molar-refractivity contribution in [2.24, 2.45) is 0 Å². The lowest BCUT2D eigenvalue weighted by Crippen LogP contribution is -2.42. The van der Waals surface area contributed by atoms with Gasteiger partial charge in [-0.2, -0.15) is 0 Å². The van der Waals surface area contributed by atoms with Crippen molar-refractivity contribution in [3.8, 4) is 0 Å². The van der Waals surface area contributed by atoms with E-state index < -0.39 is 0 Å². The van der Waals surface area contributed by atoms with Crippen LogP contribution in [0.5, 0.6) is 0 Å². The van der Waals surface area contributed by atoms with Gasteiger partial charge in [-0.05, 0) is 35.9 Å². The van der Waals surface area contributed by atoms with Gasteiger partial charge in [-0.15, -0.1) is 11.3 Å². The lowest BCUT2D eigenvalue weighted by atomic mass is 10.1. The van der Waals surface area contributed by atoms with Crippen LogP contribution in [-0.2, 0) is 4.74 Å². The van der Waals surface area contributed by atoms with Crippen molar-refractivity contribution in [1.29, 1.82) is 0 Å². The SMILES string of the molecule is O=C(c1nc2ccccc2s1)N1CCOC(c2cc(Cl)cc(Cl)c2)C1. The van der Waals surface area contributed by atoms with E-state index >= 15 is 0 Å². The van der Waals surface area contributed by atoms with Crippen LogP contribution in [0.25, 0.3) is 10.2 Å². The van der Waals surface area contributed by atoms with Crippen LogP contribution in [0.2, 0.25) is 10.0 Å². The first kappa shape index (κ1) is 16.8. The maximum absolute atomic E-state index is 12.8. The summed E-state index contributed by atoms with van der Waals surface area (Å²) in [5, 5.41) is 1.62. The largest absolute Gasteiger partial charge is 0.370 e. The van der Waals surface area contributed by atoms with E-state index in [0.29, 0.717) is 34.7 Å². The van der Waals surface area contributed by atoms with E-state index in [1.54, 1.807) is 11.0 Å². The molecule has 1 saturated heterocycles. The number of rotatable bonds is 2. The molecule has 1 unspecified atom stereocenters. The number of thiazole rings is 1. The number of para-hydroxylation sites is 1. The van der Waals surface area contributed by atoms with Crippen LogP contribution in [0.1, 0.15) is 21.5 Å². The topological polar surface area (TPSA) is 42.4 Å². The molecule has 1 fully saturated rings. The molecule has 1 aromatic heterocycles. The lowest BCUT2D eigenvalue weighted by Gasteiger charge is -2.32. The fourth-order valence-electron chi connectivity index (χ4n) is 2.90. The van der Waals surface area contributed by atoms with E-state index in [1.807, 2.05) is 36.4 Å². The van der Waals surface area contributed by atoms with Crippen LogP contribution >= 0.6 is 34.5 Å². The fraction of sp³-hybridized carbons (Fsp3) is 0.222. The number of halogens is 2. The molecule has 0 bridgehead atoms. The van der Waals surface area contributed by atoms with Gasteiger partial charge in [-0.1, -0.05) is 35.3 Å². The van der Waals surface area contributed by atoms with E-state index in [-0.39, 0.29) is 12.0 Å². The van der Waals surface area contributed by atoms with E-state index in [1.165, 1.54) is 11.3 Å². The molecule has 0 N–H and O–H groups in total. The molecule has 7 heteroatoms. The zero-order valence-corrected chi connectivity index (χ0v) is 15.4. The molecule has 4 nitrogen and oxygen atoms in total. The third kappa shape index (κ3) is 3.51. The Labute approximate surface area is 158 Å². The first-order valence-corrected chi connectivity index (χ1v) is 9.40. The summed E-state index contributed by atoms with van der Waals surface area (Å²) in [5.74, 6) is -0.0670. The average molecular weight is 393 g/mol. The van der Waals surface area contributed by atoms with Gasteiger partial charge in [-0.25, -0.2) is 4.98 Å². The third-order valence-electron chi connectivity index (χ3n) is 4.09.